The van der Waals surface area contributed by atoms with Gasteiger partial charge < -0.3 is 0 Å². The normalized spacial score (nSPS) is 22.4. The average Bonchev–Trinajstić information content (AvgIpc) is 3.11. The minimum Gasteiger partial charge on any atom is -0.271 e. The van der Waals surface area contributed by atoms with Crippen molar-refractivity contribution in [2.75, 3.05) is 9.91 Å². The highest BCUT2D eigenvalue weighted by Crippen LogP contribution is 2.37. The molecule has 0 spiro atoms. The van der Waals surface area contributed by atoms with Gasteiger partial charge in [0.05, 0.1) is 11.4 Å². The van der Waals surface area contributed by atoms with E-state index in [9.17, 15) is 9.59 Å². The molecule has 2 atom stereocenters. The Kier molecular flexibility index (Phi) is 3.45. The van der Waals surface area contributed by atoms with Crippen LogP contribution in [0.1, 0.15) is 5.56 Å². The lowest BCUT2D eigenvalue weighted by Gasteiger charge is -2.21. The third-order valence-corrected chi connectivity index (χ3v) is 4.78. The van der Waals surface area contributed by atoms with E-state index in [1.54, 1.807) is 6.07 Å². The van der Waals surface area contributed by atoms with Crippen molar-refractivity contribution in [2.24, 2.45) is 10.3 Å². The second-order valence-corrected chi connectivity index (χ2v) is 6.60. The van der Waals surface area contributed by atoms with E-state index in [0.717, 1.165) is 11.3 Å². The number of halogens is 1. The van der Waals surface area contributed by atoms with Crippen molar-refractivity contribution in [3.8, 4) is 0 Å². The van der Waals surface area contributed by atoms with Crippen LogP contribution in [0.25, 0.3) is 0 Å². The Morgan fingerprint density at radius 3 is 2.50 bits per heavy atom. The quantitative estimate of drug-likeness (QED) is 0.746. The van der Waals surface area contributed by atoms with E-state index in [1.807, 2.05) is 49.4 Å². The van der Waals surface area contributed by atoms with Gasteiger partial charge in [-0.3, -0.25) is 9.59 Å². The standard InChI is InChI=1S/C17H13BrN4O2/c1-10-7-8-13(12(18)9-10)21-16(23)14-15(17(21)24)22(20-19-14)11-5-3-2-4-6-11/h2-9,14-15H,1H3. The molecule has 0 aliphatic carbocycles. The number of carbonyl (C=O) groups is 2. The first-order valence-corrected chi connectivity index (χ1v) is 8.26. The van der Waals surface area contributed by atoms with Crippen LogP contribution in [0, 0.1) is 6.92 Å². The molecule has 2 heterocycles. The molecule has 0 radical (unpaired) electrons. The van der Waals surface area contributed by atoms with E-state index in [2.05, 4.69) is 26.3 Å². The molecule has 2 aromatic carbocycles. The maximum atomic E-state index is 12.9. The molecule has 6 nitrogen and oxygen atoms in total. The lowest BCUT2D eigenvalue weighted by atomic mass is 10.1. The summed E-state index contributed by atoms with van der Waals surface area (Å²) >= 11 is 3.44. The molecule has 0 aromatic heterocycles. The highest BCUT2D eigenvalue weighted by Gasteiger charge is 2.55. The second kappa shape index (κ2) is 5.52. The molecule has 0 N–H and O–H groups in total. The number of fused-ring (bicyclic) bond motifs is 1. The van der Waals surface area contributed by atoms with Crippen molar-refractivity contribution in [1.29, 1.82) is 0 Å². The fourth-order valence-electron chi connectivity index (χ4n) is 2.98. The van der Waals surface area contributed by atoms with Gasteiger partial charge in [-0.15, -0.1) is 0 Å². The number of carbonyl (C=O) groups excluding carboxylic acids is 2. The number of aryl methyl sites for hydroxylation is 1. The van der Waals surface area contributed by atoms with Gasteiger partial charge in [-0.25, -0.2) is 9.91 Å². The predicted octanol–water partition coefficient (Wildman–Crippen LogP) is 3.26. The summed E-state index contributed by atoms with van der Waals surface area (Å²) in [6.45, 7) is 1.95. The van der Waals surface area contributed by atoms with E-state index in [-0.39, 0.29) is 11.8 Å². The Hall–Kier alpha value is -2.54. The molecule has 2 aromatic rings. The van der Waals surface area contributed by atoms with Crippen LogP contribution < -0.4 is 9.91 Å². The molecule has 1 saturated heterocycles. The average molecular weight is 385 g/mol. The van der Waals surface area contributed by atoms with E-state index in [0.29, 0.717) is 10.2 Å². The summed E-state index contributed by atoms with van der Waals surface area (Å²) in [5.41, 5.74) is 2.31. The number of amides is 2. The summed E-state index contributed by atoms with van der Waals surface area (Å²) in [5, 5.41) is 9.59. The molecule has 24 heavy (non-hydrogen) atoms. The van der Waals surface area contributed by atoms with Crippen molar-refractivity contribution < 1.29 is 9.59 Å². The van der Waals surface area contributed by atoms with Crippen LogP contribution in [0.15, 0.2) is 63.3 Å². The van der Waals surface area contributed by atoms with Gasteiger partial charge in [-0.05, 0) is 52.7 Å². The molecular formula is C17H13BrN4O2. The van der Waals surface area contributed by atoms with Gasteiger partial charge in [0.25, 0.3) is 11.8 Å². The van der Waals surface area contributed by atoms with Gasteiger partial charge in [-0.1, -0.05) is 29.5 Å². The monoisotopic (exact) mass is 384 g/mol. The lowest BCUT2D eigenvalue weighted by Crippen LogP contribution is -2.40. The van der Waals surface area contributed by atoms with Gasteiger partial charge >= 0.3 is 0 Å². The zero-order valence-electron chi connectivity index (χ0n) is 12.8. The van der Waals surface area contributed by atoms with Crippen LogP contribution in [0.2, 0.25) is 0 Å². The van der Waals surface area contributed by atoms with Crippen LogP contribution >= 0.6 is 15.9 Å². The fraction of sp³-hybridized carbons (Fsp3) is 0.176. The van der Waals surface area contributed by atoms with Gasteiger partial charge in [0.2, 0.25) is 0 Å². The van der Waals surface area contributed by atoms with Crippen LogP contribution in [0.4, 0.5) is 11.4 Å². The molecule has 0 bridgehead atoms. The zero-order valence-corrected chi connectivity index (χ0v) is 14.3. The fourth-order valence-corrected chi connectivity index (χ4v) is 3.66. The summed E-state index contributed by atoms with van der Waals surface area (Å²) in [6, 6.07) is 13.2. The molecule has 1 fully saturated rings. The number of hydrogen-bond acceptors (Lipinski definition) is 5. The van der Waals surface area contributed by atoms with Crippen LogP contribution in [0.5, 0.6) is 0 Å². The van der Waals surface area contributed by atoms with Gasteiger partial charge in [0.1, 0.15) is 0 Å². The Balaban J connectivity index is 1.73. The van der Waals surface area contributed by atoms with Gasteiger partial charge in [-0.2, -0.15) is 5.11 Å². The Morgan fingerprint density at radius 2 is 1.79 bits per heavy atom. The first-order valence-electron chi connectivity index (χ1n) is 7.47. The molecule has 120 valence electrons. The Bertz CT molecular complexity index is 868. The molecule has 4 rings (SSSR count). The summed E-state index contributed by atoms with van der Waals surface area (Å²) in [5.74, 6) is -0.667. The summed E-state index contributed by atoms with van der Waals surface area (Å²) in [4.78, 5) is 26.9. The summed E-state index contributed by atoms with van der Waals surface area (Å²) in [6.07, 6.45) is 0. The number of imide groups is 1. The topological polar surface area (TPSA) is 65.3 Å². The minimum atomic E-state index is -0.800. The number of anilines is 2. The molecular weight excluding hydrogens is 372 g/mol. The zero-order chi connectivity index (χ0) is 16.8. The highest BCUT2D eigenvalue weighted by molar-refractivity contribution is 9.10. The van der Waals surface area contributed by atoms with E-state index in [4.69, 9.17) is 0 Å². The Morgan fingerprint density at radius 1 is 1.04 bits per heavy atom. The first kappa shape index (κ1) is 15.0. The molecule has 2 amide bonds. The van der Waals surface area contributed by atoms with Gasteiger partial charge in [0.15, 0.2) is 12.1 Å². The Labute approximate surface area is 146 Å². The lowest BCUT2D eigenvalue weighted by molar-refractivity contribution is -0.121. The number of hydrogen-bond donors (Lipinski definition) is 0. The van der Waals surface area contributed by atoms with E-state index >= 15 is 0 Å². The van der Waals surface area contributed by atoms with Crippen molar-refractivity contribution in [3.63, 3.8) is 0 Å². The third kappa shape index (κ3) is 2.16. The molecule has 2 unspecified atom stereocenters. The maximum Gasteiger partial charge on any atom is 0.263 e. The third-order valence-electron chi connectivity index (χ3n) is 4.15. The van der Waals surface area contributed by atoms with Crippen molar-refractivity contribution in [1.82, 2.24) is 0 Å². The van der Waals surface area contributed by atoms with Crippen LogP contribution in [0.3, 0.4) is 0 Å². The summed E-state index contributed by atoms with van der Waals surface area (Å²) < 4.78 is 0.701. The molecule has 2 aliphatic rings. The smallest absolute Gasteiger partial charge is 0.263 e. The van der Waals surface area contributed by atoms with E-state index in [1.165, 1.54) is 9.91 Å². The number of nitrogens with zero attached hydrogens (tertiary/aromatic N) is 4. The first-order chi connectivity index (χ1) is 11.6. The molecule has 7 heteroatoms. The SMILES string of the molecule is Cc1ccc(N2C(=O)C3N=NN(c4ccccc4)C3C2=O)c(Br)c1. The van der Waals surface area contributed by atoms with Gasteiger partial charge in [0, 0.05) is 4.47 Å². The molecule has 0 saturated carbocycles. The molecule has 2 aliphatic heterocycles. The minimum absolute atomic E-state index is 0.316. The summed E-state index contributed by atoms with van der Waals surface area (Å²) in [7, 11) is 0. The highest BCUT2D eigenvalue weighted by atomic mass is 79.9. The van der Waals surface area contributed by atoms with E-state index < -0.39 is 12.1 Å². The van der Waals surface area contributed by atoms with Crippen molar-refractivity contribution in [2.45, 2.75) is 19.0 Å². The number of para-hydroxylation sites is 1. The largest absolute Gasteiger partial charge is 0.271 e. The number of benzene rings is 2. The van der Waals surface area contributed by atoms with Crippen LogP contribution in [-0.4, -0.2) is 23.9 Å². The number of rotatable bonds is 2. The van der Waals surface area contributed by atoms with Crippen molar-refractivity contribution in [3.05, 3.63) is 58.6 Å². The maximum absolute atomic E-state index is 12.9. The second-order valence-electron chi connectivity index (χ2n) is 5.74. The van der Waals surface area contributed by atoms with Crippen molar-refractivity contribution >= 4 is 39.1 Å². The van der Waals surface area contributed by atoms with Crippen LogP contribution in [-0.2, 0) is 9.59 Å². The predicted molar refractivity (Wildman–Crippen MR) is 92.7 cm³/mol.